The smallest absolute Gasteiger partial charge is 0.317 e. The molecule has 21 heavy (non-hydrogen) atoms. The molecule has 1 aromatic rings. The van der Waals surface area contributed by atoms with E-state index in [4.69, 9.17) is 14.6 Å². The molecule has 1 aliphatic rings. The van der Waals surface area contributed by atoms with E-state index >= 15 is 0 Å². The van der Waals surface area contributed by atoms with Crippen molar-refractivity contribution in [2.45, 2.75) is 32.7 Å². The Kier molecular flexibility index (Phi) is 5.44. The summed E-state index contributed by atoms with van der Waals surface area (Å²) >= 11 is 0. The number of hydrogen-bond donors (Lipinski definition) is 1. The molecule has 5 nitrogen and oxygen atoms in total. The van der Waals surface area contributed by atoms with Crippen LogP contribution in [0.1, 0.15) is 38.3 Å². The van der Waals surface area contributed by atoms with Gasteiger partial charge in [-0.3, -0.25) is 9.69 Å². The zero-order valence-corrected chi connectivity index (χ0v) is 12.7. The summed E-state index contributed by atoms with van der Waals surface area (Å²) in [6.45, 7) is 6.19. The molecule has 0 spiro atoms. The molecule has 0 amide bonds. The van der Waals surface area contributed by atoms with Crippen LogP contribution < -0.4 is 9.47 Å². The first-order chi connectivity index (χ1) is 10.1. The van der Waals surface area contributed by atoms with Crippen molar-refractivity contribution in [2.24, 2.45) is 0 Å². The highest BCUT2D eigenvalue weighted by Crippen LogP contribution is 2.33. The number of carbonyl (C=O) groups is 1. The summed E-state index contributed by atoms with van der Waals surface area (Å²) in [4.78, 5) is 13.0. The Balaban J connectivity index is 2.18. The lowest BCUT2D eigenvalue weighted by Gasteiger charge is -2.27. The van der Waals surface area contributed by atoms with Gasteiger partial charge in [-0.2, -0.15) is 0 Å². The van der Waals surface area contributed by atoms with Crippen molar-refractivity contribution in [3.05, 3.63) is 23.8 Å². The number of hydrogen-bond acceptors (Lipinski definition) is 4. The Labute approximate surface area is 125 Å². The zero-order valence-electron chi connectivity index (χ0n) is 12.7. The zero-order chi connectivity index (χ0) is 15.2. The van der Waals surface area contributed by atoms with Gasteiger partial charge in [-0.1, -0.05) is 13.0 Å². The van der Waals surface area contributed by atoms with E-state index in [-0.39, 0.29) is 12.6 Å². The molecule has 0 saturated heterocycles. The first-order valence-corrected chi connectivity index (χ1v) is 7.47. The normalized spacial score (nSPS) is 15.6. The molecule has 1 unspecified atom stereocenters. The summed E-state index contributed by atoms with van der Waals surface area (Å²) in [6, 6.07) is 5.90. The number of fused-ring (bicyclic) bond motifs is 1. The fourth-order valence-corrected chi connectivity index (χ4v) is 2.52. The third-order valence-corrected chi connectivity index (χ3v) is 3.65. The van der Waals surface area contributed by atoms with E-state index in [0.29, 0.717) is 13.2 Å². The van der Waals surface area contributed by atoms with E-state index in [1.54, 1.807) is 0 Å². The van der Waals surface area contributed by atoms with Gasteiger partial charge in [0, 0.05) is 12.5 Å². The third-order valence-electron chi connectivity index (χ3n) is 3.65. The topological polar surface area (TPSA) is 59.0 Å². The van der Waals surface area contributed by atoms with Gasteiger partial charge in [0.15, 0.2) is 11.5 Å². The maximum absolute atomic E-state index is 11.0. The molecule has 1 atom stereocenters. The molecule has 0 saturated carbocycles. The van der Waals surface area contributed by atoms with Crippen molar-refractivity contribution in [2.75, 3.05) is 26.3 Å². The first kappa shape index (κ1) is 15.6. The van der Waals surface area contributed by atoms with Crippen LogP contribution in [0, 0.1) is 0 Å². The highest BCUT2D eigenvalue weighted by atomic mass is 16.5. The average Bonchev–Trinajstić information content (AvgIpc) is 2.70. The van der Waals surface area contributed by atoms with Crippen molar-refractivity contribution < 1.29 is 19.4 Å². The summed E-state index contributed by atoms with van der Waals surface area (Å²) in [5, 5.41) is 9.05. The third kappa shape index (κ3) is 4.11. The second-order valence-corrected chi connectivity index (χ2v) is 5.30. The molecule has 0 fully saturated rings. The molecular weight excluding hydrogens is 270 g/mol. The summed E-state index contributed by atoms with van der Waals surface area (Å²) in [5.74, 6) is 0.719. The van der Waals surface area contributed by atoms with Crippen LogP contribution in [-0.2, 0) is 4.79 Å². The van der Waals surface area contributed by atoms with E-state index in [2.05, 4.69) is 6.92 Å². The molecule has 1 aromatic carbocycles. The Morgan fingerprint density at radius 2 is 2.05 bits per heavy atom. The van der Waals surface area contributed by atoms with Gasteiger partial charge in [-0.05, 0) is 37.6 Å². The van der Waals surface area contributed by atoms with Crippen molar-refractivity contribution in [3.8, 4) is 11.5 Å². The number of nitrogens with zero attached hydrogens (tertiary/aromatic N) is 1. The van der Waals surface area contributed by atoms with E-state index in [1.165, 1.54) is 0 Å². The van der Waals surface area contributed by atoms with E-state index < -0.39 is 5.97 Å². The van der Waals surface area contributed by atoms with Gasteiger partial charge in [-0.15, -0.1) is 0 Å². The Morgan fingerprint density at radius 3 is 2.71 bits per heavy atom. The van der Waals surface area contributed by atoms with Crippen molar-refractivity contribution >= 4 is 5.97 Å². The molecular formula is C16H23NO4. The number of aliphatic carboxylic acids is 1. The molecule has 0 aromatic heterocycles. The van der Waals surface area contributed by atoms with E-state index in [9.17, 15) is 4.79 Å². The maximum atomic E-state index is 11.0. The second kappa shape index (κ2) is 7.31. The Hall–Kier alpha value is -1.75. The molecule has 2 rings (SSSR count). The van der Waals surface area contributed by atoms with Crippen LogP contribution in [0.3, 0.4) is 0 Å². The van der Waals surface area contributed by atoms with Crippen LogP contribution in [0.2, 0.25) is 0 Å². The highest BCUT2D eigenvalue weighted by Gasteiger charge is 2.20. The number of carboxylic acid groups (broad SMARTS) is 1. The van der Waals surface area contributed by atoms with Crippen LogP contribution in [0.15, 0.2) is 18.2 Å². The summed E-state index contributed by atoms with van der Waals surface area (Å²) in [6.07, 6.45) is 1.79. The standard InChI is InChI=1S/C16H23NO4/c1-3-7-17(11-16(18)19)12(2)13-5-6-14-15(10-13)21-9-4-8-20-14/h5-6,10,12H,3-4,7-9,11H2,1-2H3,(H,18,19). The first-order valence-electron chi connectivity index (χ1n) is 7.47. The molecule has 0 aliphatic carbocycles. The summed E-state index contributed by atoms with van der Waals surface area (Å²) in [7, 11) is 0. The number of benzene rings is 1. The SMILES string of the molecule is CCCN(CC(=O)O)C(C)c1ccc2c(c1)OCCCO2. The molecule has 1 N–H and O–H groups in total. The average molecular weight is 293 g/mol. The van der Waals surface area contributed by atoms with Gasteiger partial charge in [0.25, 0.3) is 0 Å². The van der Waals surface area contributed by atoms with E-state index in [0.717, 1.165) is 36.4 Å². The second-order valence-electron chi connectivity index (χ2n) is 5.30. The molecule has 0 bridgehead atoms. The molecule has 1 heterocycles. The number of rotatable bonds is 6. The quantitative estimate of drug-likeness (QED) is 0.874. The van der Waals surface area contributed by atoms with Crippen molar-refractivity contribution in [1.82, 2.24) is 4.90 Å². The minimum absolute atomic E-state index is 0.0261. The van der Waals surface area contributed by atoms with Crippen LogP contribution in [0.25, 0.3) is 0 Å². The van der Waals surface area contributed by atoms with Gasteiger partial charge in [0.2, 0.25) is 0 Å². The number of ether oxygens (including phenoxy) is 2. The minimum atomic E-state index is -0.801. The molecule has 1 aliphatic heterocycles. The molecule has 116 valence electrons. The largest absolute Gasteiger partial charge is 0.490 e. The lowest BCUT2D eigenvalue weighted by molar-refractivity contribution is -0.138. The van der Waals surface area contributed by atoms with Crippen LogP contribution >= 0.6 is 0 Å². The maximum Gasteiger partial charge on any atom is 0.317 e. The van der Waals surface area contributed by atoms with Crippen molar-refractivity contribution in [1.29, 1.82) is 0 Å². The summed E-state index contributed by atoms with van der Waals surface area (Å²) < 4.78 is 11.3. The van der Waals surface area contributed by atoms with Gasteiger partial charge in [0.1, 0.15) is 0 Å². The van der Waals surface area contributed by atoms with Crippen LogP contribution in [0.5, 0.6) is 11.5 Å². The fourth-order valence-electron chi connectivity index (χ4n) is 2.52. The Bertz CT molecular complexity index is 489. The van der Waals surface area contributed by atoms with Crippen LogP contribution in [-0.4, -0.2) is 42.3 Å². The lowest BCUT2D eigenvalue weighted by Crippen LogP contribution is -2.33. The lowest BCUT2D eigenvalue weighted by atomic mass is 10.1. The number of carboxylic acids is 1. The van der Waals surface area contributed by atoms with Crippen LogP contribution in [0.4, 0.5) is 0 Å². The van der Waals surface area contributed by atoms with E-state index in [1.807, 2.05) is 30.0 Å². The summed E-state index contributed by atoms with van der Waals surface area (Å²) in [5.41, 5.74) is 1.05. The van der Waals surface area contributed by atoms with Gasteiger partial charge in [0.05, 0.1) is 19.8 Å². The predicted octanol–water partition coefficient (Wildman–Crippen LogP) is 2.71. The Morgan fingerprint density at radius 1 is 1.33 bits per heavy atom. The van der Waals surface area contributed by atoms with Gasteiger partial charge < -0.3 is 14.6 Å². The monoisotopic (exact) mass is 293 g/mol. The van der Waals surface area contributed by atoms with Crippen molar-refractivity contribution in [3.63, 3.8) is 0 Å². The minimum Gasteiger partial charge on any atom is -0.490 e. The highest BCUT2D eigenvalue weighted by molar-refractivity contribution is 5.69. The van der Waals surface area contributed by atoms with Gasteiger partial charge in [-0.25, -0.2) is 0 Å². The predicted molar refractivity (Wildman–Crippen MR) is 80.0 cm³/mol. The molecule has 0 radical (unpaired) electrons. The van der Waals surface area contributed by atoms with Gasteiger partial charge >= 0.3 is 5.97 Å². The fraction of sp³-hybridized carbons (Fsp3) is 0.562. The molecule has 5 heteroatoms.